The van der Waals surface area contributed by atoms with Gasteiger partial charge in [0.05, 0.1) is 16.3 Å². The van der Waals surface area contributed by atoms with Crippen LogP contribution in [0.3, 0.4) is 0 Å². The fourth-order valence-electron chi connectivity index (χ4n) is 3.85. The van der Waals surface area contributed by atoms with Crippen LogP contribution in [-0.4, -0.2) is 11.5 Å². The maximum Gasteiger partial charge on any atom is 0.133 e. The van der Waals surface area contributed by atoms with Gasteiger partial charge in [-0.2, -0.15) is 5.26 Å². The summed E-state index contributed by atoms with van der Waals surface area (Å²) in [5.41, 5.74) is 4.59. The molecule has 210 valence electrons. The molecule has 1 fully saturated rings. The Morgan fingerprint density at radius 1 is 1.08 bits per heavy atom. The fraction of sp³-hybridized carbons (Fsp3) is 0.559. The second kappa shape index (κ2) is 21.5. The molecular weight excluding hydrogens is 488 g/mol. The van der Waals surface area contributed by atoms with Gasteiger partial charge in [0, 0.05) is 18.6 Å². The van der Waals surface area contributed by atoms with Gasteiger partial charge in [-0.05, 0) is 68.2 Å². The highest BCUT2D eigenvalue weighted by Crippen LogP contribution is 2.28. The first-order valence-corrected chi connectivity index (χ1v) is 14.9. The van der Waals surface area contributed by atoms with Crippen LogP contribution in [0.5, 0.6) is 0 Å². The molecule has 0 N–H and O–H groups in total. The first-order chi connectivity index (χ1) is 18.2. The number of nitriles is 1. The van der Waals surface area contributed by atoms with Crippen LogP contribution in [0.2, 0.25) is 5.02 Å². The number of carbonyl (C=O) groups excluding carboxylic acids is 1. The summed E-state index contributed by atoms with van der Waals surface area (Å²) in [7, 11) is 0. The topological polar surface area (TPSA) is 53.2 Å². The molecule has 3 nitrogen and oxygen atoms in total. The molecular formula is C34H51ClN2O. The van der Waals surface area contributed by atoms with Gasteiger partial charge in [-0.25, -0.2) is 0 Å². The highest BCUT2D eigenvalue weighted by atomic mass is 35.5. The molecule has 0 heterocycles. The SMILES string of the molecule is CC.CC1CCC1.CCCC(=O)CC(C)c1ccccc1.CCCCC(C)=Nc1ccc(Cl)c(C#N)c1C. The van der Waals surface area contributed by atoms with Gasteiger partial charge in [-0.1, -0.05) is 109 Å². The molecule has 4 heteroatoms. The number of halogens is 1. The van der Waals surface area contributed by atoms with Crippen molar-refractivity contribution in [2.24, 2.45) is 10.9 Å². The van der Waals surface area contributed by atoms with Crippen molar-refractivity contribution in [1.82, 2.24) is 0 Å². The number of rotatable bonds is 9. The third kappa shape index (κ3) is 14.5. The Kier molecular flexibility index (Phi) is 20.1. The lowest BCUT2D eigenvalue weighted by molar-refractivity contribution is -0.119. The molecule has 1 aliphatic carbocycles. The number of aliphatic imine (C=N–C) groups is 1. The van der Waals surface area contributed by atoms with Crippen molar-refractivity contribution in [1.29, 1.82) is 5.26 Å². The van der Waals surface area contributed by atoms with Crippen LogP contribution in [-0.2, 0) is 4.79 Å². The van der Waals surface area contributed by atoms with E-state index in [2.05, 4.69) is 44.0 Å². The van der Waals surface area contributed by atoms with Crippen LogP contribution in [0.4, 0.5) is 5.69 Å². The van der Waals surface area contributed by atoms with E-state index in [0.717, 1.165) is 55.0 Å². The molecule has 0 amide bonds. The molecule has 1 atom stereocenters. The summed E-state index contributed by atoms with van der Waals surface area (Å²) in [6.07, 6.45) is 10.1. The standard InChI is InChI=1S/C14H17ClN2.C13H18O.C5H10.C2H6/c1-4-5-6-10(2)17-14-8-7-13(15)12(9-16)11(14)3;1-3-7-13(14)10-11(2)12-8-5-4-6-9-12;1-5-3-2-4-5;1-2/h7-8H,4-6H2,1-3H3;4-6,8-9,11H,3,7,10H2,1-2H3;5H,2-4H2,1H3;1-2H3. The van der Waals surface area contributed by atoms with Crippen molar-refractivity contribution in [3.05, 3.63) is 64.2 Å². The Morgan fingerprint density at radius 2 is 1.68 bits per heavy atom. The molecule has 0 bridgehead atoms. The molecule has 38 heavy (non-hydrogen) atoms. The van der Waals surface area contributed by atoms with Crippen molar-refractivity contribution in [3.63, 3.8) is 0 Å². The van der Waals surface area contributed by atoms with Crippen molar-refractivity contribution < 1.29 is 4.79 Å². The minimum absolute atomic E-state index is 0.357. The number of hydrogen-bond acceptors (Lipinski definition) is 3. The van der Waals surface area contributed by atoms with Gasteiger partial charge in [0.2, 0.25) is 0 Å². The molecule has 1 unspecified atom stereocenters. The van der Waals surface area contributed by atoms with Crippen LogP contribution in [0.1, 0.15) is 129 Å². The number of carbonyl (C=O) groups is 1. The van der Waals surface area contributed by atoms with Crippen molar-refractivity contribution in [2.45, 2.75) is 119 Å². The molecule has 1 saturated carbocycles. The molecule has 2 aromatic carbocycles. The molecule has 0 saturated heterocycles. The van der Waals surface area contributed by atoms with Gasteiger partial charge in [-0.15, -0.1) is 0 Å². The molecule has 0 aliphatic heterocycles. The molecule has 2 aromatic rings. The van der Waals surface area contributed by atoms with E-state index in [0.29, 0.717) is 28.7 Å². The number of nitrogens with zero attached hydrogens (tertiary/aromatic N) is 2. The lowest BCUT2D eigenvalue weighted by Gasteiger charge is -2.18. The van der Waals surface area contributed by atoms with Gasteiger partial charge < -0.3 is 0 Å². The summed E-state index contributed by atoms with van der Waals surface area (Å²) < 4.78 is 0. The van der Waals surface area contributed by atoms with E-state index >= 15 is 0 Å². The highest BCUT2D eigenvalue weighted by Gasteiger charge is 2.10. The Bertz CT molecular complexity index is 988. The fourth-order valence-corrected chi connectivity index (χ4v) is 4.10. The lowest BCUT2D eigenvalue weighted by Crippen LogP contribution is -2.04. The van der Waals surface area contributed by atoms with Crippen molar-refractivity contribution >= 4 is 28.8 Å². The number of hydrogen-bond donors (Lipinski definition) is 0. The second-order valence-corrected chi connectivity index (χ2v) is 10.4. The molecule has 0 spiro atoms. The van der Waals surface area contributed by atoms with Gasteiger partial charge >= 0.3 is 0 Å². The van der Waals surface area contributed by atoms with Crippen LogP contribution in [0.25, 0.3) is 0 Å². The van der Waals surface area contributed by atoms with E-state index in [1.54, 1.807) is 6.07 Å². The van der Waals surface area contributed by atoms with E-state index in [1.807, 2.05) is 58.9 Å². The van der Waals surface area contributed by atoms with E-state index in [1.165, 1.54) is 24.8 Å². The zero-order valence-electron chi connectivity index (χ0n) is 25.2. The largest absolute Gasteiger partial charge is 0.300 e. The lowest BCUT2D eigenvalue weighted by atomic mass is 9.88. The summed E-state index contributed by atoms with van der Waals surface area (Å²) in [6.45, 7) is 16.5. The van der Waals surface area contributed by atoms with Crippen LogP contribution < -0.4 is 0 Å². The predicted octanol–water partition coefficient (Wildman–Crippen LogP) is 11.2. The van der Waals surface area contributed by atoms with Gasteiger partial charge in [-0.3, -0.25) is 9.79 Å². The van der Waals surface area contributed by atoms with Crippen molar-refractivity contribution in [3.8, 4) is 6.07 Å². The first kappa shape index (κ1) is 35.6. The average molecular weight is 539 g/mol. The van der Waals surface area contributed by atoms with Gasteiger partial charge in [0.1, 0.15) is 11.9 Å². The summed E-state index contributed by atoms with van der Waals surface area (Å²) >= 11 is 5.95. The van der Waals surface area contributed by atoms with Crippen molar-refractivity contribution in [2.75, 3.05) is 0 Å². The van der Waals surface area contributed by atoms with Crippen LogP contribution in [0, 0.1) is 24.2 Å². The maximum atomic E-state index is 11.4. The third-order valence-electron chi connectivity index (χ3n) is 6.53. The second-order valence-electron chi connectivity index (χ2n) is 9.97. The molecule has 0 aromatic heterocycles. The Balaban J connectivity index is 0.000000582. The smallest absolute Gasteiger partial charge is 0.133 e. The molecule has 3 rings (SSSR count). The monoisotopic (exact) mass is 538 g/mol. The number of ketones is 1. The van der Waals surface area contributed by atoms with Crippen LogP contribution in [0.15, 0.2) is 47.5 Å². The first-order valence-electron chi connectivity index (χ1n) is 14.5. The summed E-state index contributed by atoms with van der Waals surface area (Å²) in [5.74, 6) is 1.80. The average Bonchev–Trinajstić information content (AvgIpc) is 2.91. The van der Waals surface area contributed by atoms with E-state index in [-0.39, 0.29) is 0 Å². The van der Waals surface area contributed by atoms with Gasteiger partial charge in [0.25, 0.3) is 0 Å². The van der Waals surface area contributed by atoms with E-state index in [9.17, 15) is 4.79 Å². The Hall–Kier alpha value is -2.44. The predicted molar refractivity (Wildman–Crippen MR) is 167 cm³/mol. The minimum atomic E-state index is 0.357. The third-order valence-corrected chi connectivity index (χ3v) is 6.84. The Labute approximate surface area is 238 Å². The highest BCUT2D eigenvalue weighted by molar-refractivity contribution is 6.32. The van der Waals surface area contributed by atoms with E-state index < -0.39 is 0 Å². The number of benzene rings is 2. The maximum absolute atomic E-state index is 11.4. The molecule has 0 radical (unpaired) electrons. The quantitative estimate of drug-likeness (QED) is 0.298. The van der Waals surface area contributed by atoms with Crippen LogP contribution >= 0.6 is 11.6 Å². The summed E-state index contributed by atoms with van der Waals surface area (Å²) in [6, 6.07) is 15.9. The zero-order valence-corrected chi connectivity index (χ0v) is 26.0. The number of Topliss-reactive ketones (excluding diaryl/α,β-unsaturated/α-hetero) is 1. The van der Waals surface area contributed by atoms with Gasteiger partial charge in [0.15, 0.2) is 0 Å². The number of unbranched alkanes of at least 4 members (excludes halogenated alkanes) is 1. The van der Waals surface area contributed by atoms with E-state index in [4.69, 9.17) is 16.9 Å². The summed E-state index contributed by atoms with van der Waals surface area (Å²) in [5, 5.41) is 9.51. The normalized spacial score (nSPS) is 13.2. The minimum Gasteiger partial charge on any atom is -0.300 e. The Morgan fingerprint density at radius 3 is 2.16 bits per heavy atom. The molecule has 1 aliphatic rings. The summed E-state index contributed by atoms with van der Waals surface area (Å²) in [4.78, 5) is 16.0. The zero-order chi connectivity index (χ0) is 28.9.